The van der Waals surface area contributed by atoms with Crippen LogP contribution in [0.3, 0.4) is 0 Å². The lowest BCUT2D eigenvalue weighted by atomic mass is 9.94. The number of anilines is 2. The average Bonchev–Trinajstić information content (AvgIpc) is 3.04. The minimum absolute atomic E-state index is 0.0690. The number of hydrogen-bond donors (Lipinski definition) is 0. The van der Waals surface area contributed by atoms with Gasteiger partial charge in [-0.15, -0.1) is 0 Å². The van der Waals surface area contributed by atoms with Gasteiger partial charge in [0.05, 0.1) is 25.8 Å². The van der Waals surface area contributed by atoms with E-state index in [1.807, 2.05) is 42.2 Å². The van der Waals surface area contributed by atoms with Crippen molar-refractivity contribution in [3.05, 3.63) is 52.3 Å². The van der Waals surface area contributed by atoms with E-state index in [1.54, 1.807) is 0 Å². The lowest BCUT2D eigenvalue weighted by molar-refractivity contribution is -0.184. The van der Waals surface area contributed by atoms with Crippen molar-refractivity contribution in [3.8, 4) is 0 Å². The van der Waals surface area contributed by atoms with Crippen molar-refractivity contribution in [3.63, 3.8) is 0 Å². The molecule has 1 fully saturated rings. The third kappa shape index (κ3) is 3.34. The summed E-state index contributed by atoms with van der Waals surface area (Å²) in [6.45, 7) is 4.59. The van der Waals surface area contributed by atoms with Crippen LogP contribution >= 0.6 is 0 Å². The number of fused-ring (bicyclic) bond motifs is 1. The number of rotatable bonds is 4. The van der Waals surface area contributed by atoms with Crippen LogP contribution in [-0.2, 0) is 11.3 Å². The summed E-state index contributed by atoms with van der Waals surface area (Å²) in [5, 5.41) is 0. The predicted octanol–water partition coefficient (Wildman–Crippen LogP) is 3.37. The topological polar surface area (TPSA) is 50.6 Å². The monoisotopic (exact) mass is 422 g/mol. The zero-order chi connectivity index (χ0) is 21.5. The minimum atomic E-state index is -4.55. The molecule has 2 aliphatic heterocycles. The van der Waals surface area contributed by atoms with Crippen molar-refractivity contribution in [1.29, 1.82) is 0 Å². The smallest absolute Gasteiger partial charge is 0.378 e. The molecule has 2 aliphatic rings. The molecule has 0 N–H and O–H groups in total. The van der Waals surface area contributed by atoms with Gasteiger partial charge >= 0.3 is 6.18 Å². The molecule has 1 unspecified atom stereocenters. The van der Waals surface area contributed by atoms with Gasteiger partial charge in [0.2, 0.25) is 5.95 Å². The molecule has 0 amide bonds. The second kappa shape index (κ2) is 7.61. The van der Waals surface area contributed by atoms with Crippen molar-refractivity contribution < 1.29 is 17.9 Å². The van der Waals surface area contributed by atoms with Gasteiger partial charge in [-0.2, -0.15) is 18.2 Å². The Morgan fingerprint density at radius 1 is 1.20 bits per heavy atom. The number of alkyl halides is 3. The first-order valence-corrected chi connectivity index (χ1v) is 10.1. The van der Waals surface area contributed by atoms with Crippen LogP contribution in [0.2, 0.25) is 0 Å². The van der Waals surface area contributed by atoms with Gasteiger partial charge < -0.3 is 14.5 Å². The van der Waals surface area contributed by atoms with Crippen LogP contribution in [0.15, 0.2) is 41.2 Å². The molecule has 2 aromatic rings. The maximum Gasteiger partial charge on any atom is 0.413 e. The summed E-state index contributed by atoms with van der Waals surface area (Å²) in [6.07, 6.45) is -4.11. The molecule has 6 nitrogen and oxygen atoms in total. The van der Waals surface area contributed by atoms with E-state index >= 15 is 0 Å². The largest absolute Gasteiger partial charge is 0.413 e. The lowest BCUT2D eigenvalue weighted by Gasteiger charge is -2.42. The summed E-state index contributed by atoms with van der Waals surface area (Å²) in [4.78, 5) is 20.6. The molecule has 0 aliphatic carbocycles. The molecule has 3 heterocycles. The number of morpholine rings is 1. The van der Waals surface area contributed by atoms with Gasteiger partial charge in [0.15, 0.2) is 5.54 Å². The van der Waals surface area contributed by atoms with Gasteiger partial charge in [0.25, 0.3) is 5.56 Å². The SMILES string of the molecule is CCC(c1ccccc1)N1c2nc(N3CCOCC3)cc(=O)n2C[C@@]1(C)C(F)(F)F. The fourth-order valence-electron chi connectivity index (χ4n) is 4.33. The quantitative estimate of drug-likeness (QED) is 0.756. The first-order chi connectivity index (χ1) is 14.3. The Kier molecular flexibility index (Phi) is 5.25. The molecule has 1 saturated heterocycles. The Bertz CT molecular complexity index is 957. The molecule has 0 spiro atoms. The zero-order valence-corrected chi connectivity index (χ0v) is 17.0. The summed E-state index contributed by atoms with van der Waals surface area (Å²) in [7, 11) is 0. The van der Waals surface area contributed by atoms with Crippen LogP contribution < -0.4 is 15.4 Å². The van der Waals surface area contributed by atoms with Crippen molar-refractivity contribution in [1.82, 2.24) is 9.55 Å². The van der Waals surface area contributed by atoms with Gasteiger partial charge in [0.1, 0.15) is 5.82 Å². The average molecular weight is 422 g/mol. The van der Waals surface area contributed by atoms with E-state index in [4.69, 9.17) is 4.74 Å². The molecular formula is C21H25F3N4O2. The van der Waals surface area contributed by atoms with E-state index in [9.17, 15) is 18.0 Å². The fraction of sp³-hybridized carbons (Fsp3) is 0.524. The minimum Gasteiger partial charge on any atom is -0.378 e. The van der Waals surface area contributed by atoms with Crippen LogP contribution in [0.4, 0.5) is 24.9 Å². The first-order valence-electron chi connectivity index (χ1n) is 10.1. The van der Waals surface area contributed by atoms with E-state index in [2.05, 4.69) is 4.98 Å². The number of benzene rings is 1. The van der Waals surface area contributed by atoms with Crippen LogP contribution in [0, 0.1) is 0 Å². The Morgan fingerprint density at radius 2 is 1.87 bits per heavy atom. The van der Waals surface area contributed by atoms with Crippen molar-refractivity contribution in [2.45, 2.75) is 44.6 Å². The summed E-state index contributed by atoms with van der Waals surface area (Å²) in [5.74, 6) is 0.466. The van der Waals surface area contributed by atoms with Crippen molar-refractivity contribution in [2.24, 2.45) is 0 Å². The van der Waals surface area contributed by atoms with E-state index < -0.39 is 29.9 Å². The summed E-state index contributed by atoms with van der Waals surface area (Å²) >= 11 is 0. The van der Waals surface area contributed by atoms with Crippen molar-refractivity contribution >= 4 is 11.8 Å². The maximum atomic E-state index is 14.3. The van der Waals surface area contributed by atoms with E-state index in [1.165, 1.54) is 11.0 Å². The summed E-state index contributed by atoms with van der Waals surface area (Å²) in [5.41, 5.74) is -1.95. The molecule has 4 rings (SSSR count). The van der Waals surface area contributed by atoms with Crippen molar-refractivity contribution in [2.75, 3.05) is 36.1 Å². The molecule has 30 heavy (non-hydrogen) atoms. The van der Waals surface area contributed by atoms with Crippen LogP contribution in [0.25, 0.3) is 0 Å². The molecule has 1 aromatic carbocycles. The van der Waals surface area contributed by atoms with Gasteiger partial charge in [-0.05, 0) is 18.9 Å². The molecule has 162 valence electrons. The molecule has 2 atom stereocenters. The highest BCUT2D eigenvalue weighted by Crippen LogP contribution is 2.48. The molecule has 9 heteroatoms. The zero-order valence-electron chi connectivity index (χ0n) is 17.0. The predicted molar refractivity (Wildman–Crippen MR) is 108 cm³/mol. The van der Waals surface area contributed by atoms with Gasteiger partial charge in [-0.3, -0.25) is 9.36 Å². The molecular weight excluding hydrogens is 397 g/mol. The normalized spacial score (nSPS) is 22.8. The number of hydrogen-bond acceptors (Lipinski definition) is 5. The second-order valence-electron chi connectivity index (χ2n) is 7.91. The highest BCUT2D eigenvalue weighted by atomic mass is 19.4. The Balaban J connectivity index is 1.87. The Labute approximate surface area is 172 Å². The fourth-order valence-corrected chi connectivity index (χ4v) is 4.33. The molecule has 1 aromatic heterocycles. The van der Waals surface area contributed by atoms with E-state index in [-0.39, 0.29) is 5.95 Å². The van der Waals surface area contributed by atoms with Gasteiger partial charge in [-0.1, -0.05) is 37.3 Å². The highest BCUT2D eigenvalue weighted by molar-refractivity contribution is 5.52. The molecule has 0 saturated carbocycles. The van der Waals surface area contributed by atoms with Gasteiger partial charge in [0, 0.05) is 19.2 Å². The van der Waals surface area contributed by atoms with Crippen LogP contribution in [-0.4, -0.2) is 47.6 Å². The highest BCUT2D eigenvalue weighted by Gasteiger charge is 2.61. The maximum absolute atomic E-state index is 14.3. The first kappa shape index (κ1) is 20.7. The number of nitrogens with zero attached hydrogens (tertiary/aromatic N) is 4. The standard InChI is InChI=1S/C21H25F3N4O2/c1-3-16(15-7-5-4-6-8-15)28-19-25-17(26-9-11-30-12-10-26)13-18(29)27(19)14-20(28,2)21(22,23)24/h4-8,13,16H,3,9-12,14H2,1-2H3/t16?,20-/m0/s1. The molecule has 0 radical (unpaired) electrons. The second-order valence-corrected chi connectivity index (χ2v) is 7.91. The third-order valence-corrected chi connectivity index (χ3v) is 6.02. The summed E-state index contributed by atoms with van der Waals surface area (Å²) in [6, 6.07) is 9.84. The lowest BCUT2D eigenvalue weighted by Crippen LogP contribution is -2.57. The Hall–Kier alpha value is -2.55. The number of ether oxygens (including phenoxy) is 1. The summed E-state index contributed by atoms with van der Waals surface area (Å²) < 4.78 is 49.5. The number of halogens is 3. The molecule has 0 bridgehead atoms. The van der Waals surface area contributed by atoms with Crippen LogP contribution in [0.1, 0.15) is 31.9 Å². The number of aromatic nitrogens is 2. The van der Waals surface area contributed by atoms with E-state index in [0.717, 1.165) is 17.1 Å². The Morgan fingerprint density at radius 3 is 2.47 bits per heavy atom. The third-order valence-electron chi connectivity index (χ3n) is 6.02. The van der Waals surface area contributed by atoms with E-state index in [0.29, 0.717) is 38.5 Å². The van der Waals surface area contributed by atoms with Crippen LogP contribution in [0.5, 0.6) is 0 Å². The van der Waals surface area contributed by atoms with Gasteiger partial charge in [-0.25, -0.2) is 0 Å².